The summed E-state index contributed by atoms with van der Waals surface area (Å²) in [6, 6.07) is 7.56. The maximum atomic E-state index is 5.64. The van der Waals surface area contributed by atoms with Crippen LogP contribution in [0, 0.1) is 0 Å². The number of halogens is 1. The highest BCUT2D eigenvalue weighted by Gasteiger charge is 2.02. The van der Waals surface area contributed by atoms with Crippen LogP contribution in [-0.4, -0.2) is 9.97 Å². The molecular weight excluding hydrogens is 242 g/mol. The summed E-state index contributed by atoms with van der Waals surface area (Å²) in [6.07, 6.45) is 3.36. The van der Waals surface area contributed by atoms with Crippen molar-refractivity contribution in [1.82, 2.24) is 9.97 Å². The molecule has 0 amide bonds. The van der Waals surface area contributed by atoms with Crippen LogP contribution in [0.15, 0.2) is 41.1 Å². The number of nitrogens with zero attached hydrogens (tertiary/aromatic N) is 2. The molecule has 2 rings (SSSR count). The first-order valence-electron chi connectivity index (χ1n) is 4.10. The van der Waals surface area contributed by atoms with E-state index < -0.39 is 0 Å². The van der Waals surface area contributed by atoms with Gasteiger partial charge in [0.1, 0.15) is 0 Å². The van der Waals surface area contributed by atoms with E-state index in [1.807, 2.05) is 24.3 Å². The van der Waals surface area contributed by atoms with E-state index in [0.717, 1.165) is 15.9 Å². The minimum atomic E-state index is 0.629. The first-order chi connectivity index (χ1) is 6.77. The van der Waals surface area contributed by atoms with E-state index >= 15 is 0 Å². The number of pyridine rings is 2. The molecule has 0 atom stereocenters. The molecule has 70 valence electrons. The van der Waals surface area contributed by atoms with Crippen LogP contribution in [-0.2, 0) is 0 Å². The Labute approximate surface area is 90.1 Å². The van der Waals surface area contributed by atoms with Gasteiger partial charge in [0, 0.05) is 10.7 Å². The van der Waals surface area contributed by atoms with Crippen LogP contribution in [0.25, 0.3) is 11.4 Å². The van der Waals surface area contributed by atoms with Gasteiger partial charge >= 0.3 is 0 Å². The summed E-state index contributed by atoms with van der Waals surface area (Å²) in [6.45, 7) is 0. The minimum Gasteiger partial charge on any atom is -0.397 e. The second-order valence-electron chi connectivity index (χ2n) is 2.81. The molecule has 0 aromatic carbocycles. The van der Waals surface area contributed by atoms with E-state index in [1.54, 1.807) is 12.4 Å². The van der Waals surface area contributed by atoms with Gasteiger partial charge in [-0.2, -0.15) is 0 Å². The first kappa shape index (κ1) is 9.15. The SMILES string of the molecule is Nc1cnc(-c2ccccn2)cc1Br. The summed E-state index contributed by atoms with van der Waals surface area (Å²) in [5, 5.41) is 0. The lowest BCUT2D eigenvalue weighted by atomic mass is 10.2. The molecule has 0 saturated carbocycles. The molecule has 0 spiro atoms. The molecule has 2 N–H and O–H groups in total. The van der Waals surface area contributed by atoms with Crippen molar-refractivity contribution in [3.63, 3.8) is 0 Å². The van der Waals surface area contributed by atoms with Crippen LogP contribution in [0.5, 0.6) is 0 Å². The summed E-state index contributed by atoms with van der Waals surface area (Å²) in [4.78, 5) is 8.39. The molecule has 2 heterocycles. The van der Waals surface area contributed by atoms with E-state index in [1.165, 1.54) is 0 Å². The number of hydrogen-bond donors (Lipinski definition) is 1. The number of hydrogen-bond acceptors (Lipinski definition) is 3. The lowest BCUT2D eigenvalue weighted by molar-refractivity contribution is 1.24. The summed E-state index contributed by atoms with van der Waals surface area (Å²) >= 11 is 3.35. The zero-order chi connectivity index (χ0) is 9.97. The molecule has 3 nitrogen and oxygen atoms in total. The first-order valence-corrected chi connectivity index (χ1v) is 4.89. The second kappa shape index (κ2) is 3.75. The molecule has 0 aliphatic rings. The lowest BCUT2D eigenvalue weighted by Gasteiger charge is -2.01. The molecule has 0 fully saturated rings. The Morgan fingerprint density at radius 1 is 1.14 bits per heavy atom. The van der Waals surface area contributed by atoms with Crippen molar-refractivity contribution in [2.24, 2.45) is 0 Å². The van der Waals surface area contributed by atoms with Crippen molar-refractivity contribution in [2.75, 3.05) is 5.73 Å². The fourth-order valence-corrected chi connectivity index (χ4v) is 1.41. The van der Waals surface area contributed by atoms with Crippen molar-refractivity contribution in [2.45, 2.75) is 0 Å². The van der Waals surface area contributed by atoms with Crippen molar-refractivity contribution in [1.29, 1.82) is 0 Å². The van der Waals surface area contributed by atoms with Gasteiger partial charge in [-0.25, -0.2) is 0 Å². The van der Waals surface area contributed by atoms with E-state index in [0.29, 0.717) is 5.69 Å². The van der Waals surface area contributed by atoms with E-state index in [2.05, 4.69) is 25.9 Å². The second-order valence-corrected chi connectivity index (χ2v) is 3.66. The predicted octanol–water partition coefficient (Wildman–Crippen LogP) is 2.49. The zero-order valence-electron chi connectivity index (χ0n) is 7.31. The highest BCUT2D eigenvalue weighted by molar-refractivity contribution is 9.10. The predicted molar refractivity (Wildman–Crippen MR) is 59.6 cm³/mol. The molecule has 0 radical (unpaired) electrons. The van der Waals surface area contributed by atoms with Crippen LogP contribution in [0.2, 0.25) is 0 Å². The van der Waals surface area contributed by atoms with Crippen molar-refractivity contribution >= 4 is 21.6 Å². The summed E-state index contributed by atoms with van der Waals surface area (Å²) in [5.74, 6) is 0. The van der Waals surface area contributed by atoms with Gasteiger partial charge in [0.25, 0.3) is 0 Å². The Hall–Kier alpha value is -1.42. The largest absolute Gasteiger partial charge is 0.397 e. The molecule has 0 bridgehead atoms. The number of rotatable bonds is 1. The molecule has 0 unspecified atom stereocenters. The Kier molecular flexibility index (Phi) is 2.45. The smallest absolute Gasteiger partial charge is 0.0899 e. The average Bonchev–Trinajstić information content (AvgIpc) is 2.23. The van der Waals surface area contributed by atoms with E-state index in [9.17, 15) is 0 Å². The molecule has 4 heteroatoms. The maximum absolute atomic E-state index is 5.64. The topological polar surface area (TPSA) is 51.8 Å². The molecular formula is C10H8BrN3. The van der Waals surface area contributed by atoms with Crippen LogP contribution < -0.4 is 5.73 Å². The van der Waals surface area contributed by atoms with Crippen molar-refractivity contribution < 1.29 is 0 Å². The van der Waals surface area contributed by atoms with Gasteiger partial charge in [-0.3, -0.25) is 9.97 Å². The minimum absolute atomic E-state index is 0.629. The highest BCUT2D eigenvalue weighted by Crippen LogP contribution is 2.23. The fraction of sp³-hybridized carbons (Fsp3) is 0. The third-order valence-electron chi connectivity index (χ3n) is 1.81. The number of nitrogen functional groups attached to an aromatic ring is 1. The molecule has 0 saturated heterocycles. The van der Waals surface area contributed by atoms with Crippen LogP contribution in [0.3, 0.4) is 0 Å². The summed E-state index contributed by atoms with van der Waals surface area (Å²) in [5.41, 5.74) is 7.92. The molecule has 0 aliphatic heterocycles. The zero-order valence-corrected chi connectivity index (χ0v) is 8.90. The average molecular weight is 250 g/mol. The van der Waals surface area contributed by atoms with Crippen LogP contribution >= 0.6 is 15.9 Å². The number of anilines is 1. The fourth-order valence-electron chi connectivity index (χ4n) is 1.10. The van der Waals surface area contributed by atoms with Crippen molar-refractivity contribution in [3.05, 3.63) is 41.1 Å². The quantitative estimate of drug-likeness (QED) is 0.845. The third-order valence-corrected chi connectivity index (χ3v) is 2.50. The Morgan fingerprint density at radius 2 is 2.00 bits per heavy atom. The van der Waals surface area contributed by atoms with Gasteiger partial charge < -0.3 is 5.73 Å². The molecule has 0 aliphatic carbocycles. The monoisotopic (exact) mass is 249 g/mol. The molecule has 2 aromatic heterocycles. The lowest BCUT2D eigenvalue weighted by Crippen LogP contribution is -1.91. The van der Waals surface area contributed by atoms with E-state index in [4.69, 9.17) is 5.73 Å². The third kappa shape index (κ3) is 1.75. The van der Waals surface area contributed by atoms with Gasteiger partial charge in [0.15, 0.2) is 0 Å². The normalized spacial score (nSPS) is 10.1. The van der Waals surface area contributed by atoms with Gasteiger partial charge in [0.05, 0.1) is 23.3 Å². The number of aromatic nitrogens is 2. The standard InChI is InChI=1S/C10H8BrN3/c11-7-5-10(14-6-8(7)12)9-3-1-2-4-13-9/h1-6H,12H2. The summed E-state index contributed by atoms with van der Waals surface area (Å²) in [7, 11) is 0. The molecule has 14 heavy (non-hydrogen) atoms. The Bertz CT molecular complexity index is 442. The highest BCUT2D eigenvalue weighted by atomic mass is 79.9. The van der Waals surface area contributed by atoms with Crippen molar-refractivity contribution in [3.8, 4) is 11.4 Å². The maximum Gasteiger partial charge on any atom is 0.0899 e. The van der Waals surface area contributed by atoms with Crippen LogP contribution in [0.1, 0.15) is 0 Å². The molecule has 2 aromatic rings. The van der Waals surface area contributed by atoms with Gasteiger partial charge in [-0.05, 0) is 34.1 Å². The Balaban J connectivity index is 2.48. The van der Waals surface area contributed by atoms with Crippen LogP contribution in [0.4, 0.5) is 5.69 Å². The number of nitrogens with two attached hydrogens (primary N) is 1. The van der Waals surface area contributed by atoms with Gasteiger partial charge in [-0.1, -0.05) is 6.07 Å². The Morgan fingerprint density at radius 3 is 2.64 bits per heavy atom. The summed E-state index contributed by atoms with van der Waals surface area (Å²) < 4.78 is 0.841. The van der Waals surface area contributed by atoms with Gasteiger partial charge in [0.2, 0.25) is 0 Å². The van der Waals surface area contributed by atoms with Gasteiger partial charge in [-0.15, -0.1) is 0 Å². The van der Waals surface area contributed by atoms with E-state index in [-0.39, 0.29) is 0 Å².